The van der Waals surface area contributed by atoms with Crippen LogP contribution in [0.2, 0.25) is 10.0 Å². The zero-order chi connectivity index (χ0) is 21.6. The van der Waals surface area contributed by atoms with E-state index in [4.69, 9.17) is 32.7 Å². The average molecular weight is 459 g/mol. The fourth-order valence-electron chi connectivity index (χ4n) is 2.23. The molecule has 2 aromatic carbocycles. The van der Waals surface area contributed by atoms with Crippen LogP contribution in [-0.2, 0) is 10.0 Å². The normalized spacial score (nSPS) is 12.0. The number of hydrogen-bond acceptors (Lipinski definition) is 5. The van der Waals surface area contributed by atoms with Gasteiger partial charge in [0.1, 0.15) is 5.75 Å². The predicted octanol–water partition coefficient (Wildman–Crippen LogP) is 5.13. The number of ether oxygens (including phenoxy) is 2. The van der Waals surface area contributed by atoms with Gasteiger partial charge in [-0.15, -0.1) is 0 Å². The summed E-state index contributed by atoms with van der Waals surface area (Å²) < 4.78 is 35.8. The number of rotatable bonds is 9. The minimum absolute atomic E-state index is 0.000918. The Labute approximate surface area is 181 Å². The number of halogens is 2. The van der Waals surface area contributed by atoms with Gasteiger partial charge in [-0.2, -0.15) is 13.5 Å². The van der Waals surface area contributed by atoms with Gasteiger partial charge in [0.05, 0.1) is 33.9 Å². The van der Waals surface area contributed by atoms with Crippen LogP contribution < -0.4 is 14.3 Å². The Kier molecular flexibility index (Phi) is 8.19. The van der Waals surface area contributed by atoms with Crippen LogP contribution in [0.25, 0.3) is 0 Å². The van der Waals surface area contributed by atoms with Gasteiger partial charge in [0.15, 0.2) is 5.75 Å². The molecule has 0 heterocycles. The summed E-state index contributed by atoms with van der Waals surface area (Å²) in [4.78, 5) is 2.23. The highest BCUT2D eigenvalue weighted by atomic mass is 35.5. The number of hydrogen-bond donors (Lipinski definition) is 1. The Morgan fingerprint density at radius 1 is 1.07 bits per heavy atom. The van der Waals surface area contributed by atoms with Crippen LogP contribution in [0.15, 0.2) is 46.4 Å². The Balaban J connectivity index is 2.08. The van der Waals surface area contributed by atoms with Gasteiger partial charge in [-0.05, 0) is 61.7 Å². The number of nitrogens with zero attached hydrogens (tertiary/aromatic N) is 1. The van der Waals surface area contributed by atoms with Crippen molar-refractivity contribution in [1.29, 1.82) is 0 Å². The van der Waals surface area contributed by atoms with E-state index in [0.717, 1.165) is 0 Å². The topological polar surface area (TPSA) is 77.0 Å². The highest BCUT2D eigenvalue weighted by molar-refractivity contribution is 7.89. The molecule has 158 valence electrons. The molecule has 0 bridgehead atoms. The molecule has 2 aromatic rings. The SMILES string of the molecule is CC(C)COc1c(Cl)cc(/C=N/NS(=O)(=O)c2ccc(OC(C)C)cc2)cc1Cl. The molecule has 9 heteroatoms. The molecule has 0 spiro atoms. The standard InChI is InChI=1S/C20H24Cl2N2O4S/c1-13(2)12-27-20-18(21)9-15(10-19(20)22)11-23-24-29(25,26)17-7-5-16(6-8-17)28-14(3)4/h5-11,13-14,24H,12H2,1-4H3/b23-11+. The summed E-state index contributed by atoms with van der Waals surface area (Å²) in [6, 6.07) is 9.27. The summed E-state index contributed by atoms with van der Waals surface area (Å²) in [7, 11) is -3.82. The van der Waals surface area contributed by atoms with Crippen LogP contribution >= 0.6 is 23.2 Å². The molecule has 0 unspecified atom stereocenters. The molecule has 0 atom stereocenters. The predicted molar refractivity (Wildman–Crippen MR) is 117 cm³/mol. The summed E-state index contributed by atoms with van der Waals surface area (Å²) in [6.07, 6.45) is 1.32. The van der Waals surface area contributed by atoms with E-state index in [-0.39, 0.29) is 11.0 Å². The molecular formula is C20H24Cl2N2O4S. The zero-order valence-electron chi connectivity index (χ0n) is 16.6. The highest BCUT2D eigenvalue weighted by Gasteiger charge is 2.13. The Bertz CT molecular complexity index is 936. The van der Waals surface area contributed by atoms with E-state index in [1.807, 2.05) is 27.7 Å². The van der Waals surface area contributed by atoms with Crippen molar-refractivity contribution in [2.75, 3.05) is 6.61 Å². The quantitative estimate of drug-likeness (QED) is 0.417. The maximum atomic E-state index is 12.4. The van der Waals surface area contributed by atoms with Crippen molar-refractivity contribution in [3.05, 3.63) is 52.0 Å². The maximum Gasteiger partial charge on any atom is 0.276 e. The highest BCUT2D eigenvalue weighted by Crippen LogP contribution is 2.34. The molecule has 0 saturated carbocycles. The molecule has 0 radical (unpaired) electrons. The third-order valence-electron chi connectivity index (χ3n) is 3.47. The van der Waals surface area contributed by atoms with Gasteiger partial charge < -0.3 is 9.47 Å². The smallest absolute Gasteiger partial charge is 0.276 e. The van der Waals surface area contributed by atoms with Crippen molar-refractivity contribution >= 4 is 39.4 Å². The summed E-state index contributed by atoms with van der Waals surface area (Å²) in [5.41, 5.74) is 0.528. The summed E-state index contributed by atoms with van der Waals surface area (Å²) in [5.74, 6) is 1.30. The van der Waals surface area contributed by atoms with E-state index in [0.29, 0.717) is 39.6 Å². The minimum Gasteiger partial charge on any atom is -0.491 e. The lowest BCUT2D eigenvalue weighted by Crippen LogP contribution is -2.18. The first-order chi connectivity index (χ1) is 13.6. The molecule has 0 aliphatic heterocycles. The number of sulfonamides is 1. The zero-order valence-corrected chi connectivity index (χ0v) is 19.0. The van der Waals surface area contributed by atoms with Gasteiger partial charge in [0.2, 0.25) is 0 Å². The fourth-order valence-corrected chi connectivity index (χ4v) is 3.64. The van der Waals surface area contributed by atoms with Crippen molar-refractivity contribution in [2.24, 2.45) is 11.0 Å². The summed E-state index contributed by atoms with van der Waals surface area (Å²) in [5, 5.41) is 4.44. The Hall–Kier alpha value is -1.96. The van der Waals surface area contributed by atoms with E-state index < -0.39 is 10.0 Å². The summed E-state index contributed by atoms with van der Waals surface area (Å²) in [6.45, 7) is 8.29. The third kappa shape index (κ3) is 7.10. The van der Waals surface area contributed by atoms with Crippen molar-refractivity contribution in [3.63, 3.8) is 0 Å². The molecular weight excluding hydrogens is 435 g/mol. The Morgan fingerprint density at radius 2 is 1.66 bits per heavy atom. The van der Waals surface area contributed by atoms with E-state index in [9.17, 15) is 8.42 Å². The van der Waals surface area contributed by atoms with Crippen LogP contribution in [0, 0.1) is 5.92 Å². The van der Waals surface area contributed by atoms with Crippen LogP contribution in [0.3, 0.4) is 0 Å². The van der Waals surface area contributed by atoms with Crippen LogP contribution in [0.1, 0.15) is 33.3 Å². The van der Waals surface area contributed by atoms with Crippen LogP contribution in [-0.4, -0.2) is 27.3 Å². The first kappa shape index (κ1) is 23.3. The van der Waals surface area contributed by atoms with Crippen LogP contribution in [0.4, 0.5) is 0 Å². The molecule has 29 heavy (non-hydrogen) atoms. The Morgan fingerprint density at radius 3 is 2.17 bits per heavy atom. The van der Waals surface area contributed by atoms with Crippen molar-refractivity contribution in [3.8, 4) is 11.5 Å². The van der Waals surface area contributed by atoms with E-state index in [1.165, 1.54) is 18.3 Å². The molecule has 0 amide bonds. The molecule has 0 aromatic heterocycles. The fraction of sp³-hybridized carbons (Fsp3) is 0.350. The summed E-state index contributed by atoms with van der Waals surface area (Å²) >= 11 is 12.4. The van der Waals surface area contributed by atoms with Gasteiger partial charge in [-0.25, -0.2) is 4.83 Å². The van der Waals surface area contributed by atoms with Crippen LogP contribution in [0.5, 0.6) is 11.5 Å². The number of nitrogens with one attached hydrogen (secondary N) is 1. The van der Waals surface area contributed by atoms with Crippen molar-refractivity contribution in [2.45, 2.75) is 38.7 Å². The third-order valence-corrected chi connectivity index (χ3v) is 5.27. The lowest BCUT2D eigenvalue weighted by atomic mass is 10.2. The first-order valence-corrected chi connectivity index (χ1v) is 11.3. The lowest BCUT2D eigenvalue weighted by molar-refractivity contribution is 0.242. The maximum absolute atomic E-state index is 12.4. The molecule has 2 rings (SSSR count). The van der Waals surface area contributed by atoms with E-state index >= 15 is 0 Å². The van der Waals surface area contributed by atoms with Gasteiger partial charge in [0.25, 0.3) is 10.0 Å². The van der Waals surface area contributed by atoms with E-state index in [1.54, 1.807) is 24.3 Å². The largest absolute Gasteiger partial charge is 0.491 e. The molecule has 0 aliphatic carbocycles. The van der Waals surface area contributed by atoms with E-state index in [2.05, 4.69) is 9.93 Å². The molecule has 6 nitrogen and oxygen atoms in total. The van der Waals surface area contributed by atoms with Gasteiger partial charge >= 0.3 is 0 Å². The monoisotopic (exact) mass is 458 g/mol. The lowest BCUT2D eigenvalue weighted by Gasteiger charge is -2.12. The van der Waals surface area contributed by atoms with Gasteiger partial charge in [-0.3, -0.25) is 0 Å². The van der Waals surface area contributed by atoms with Crippen molar-refractivity contribution < 1.29 is 17.9 Å². The van der Waals surface area contributed by atoms with Crippen molar-refractivity contribution in [1.82, 2.24) is 4.83 Å². The second-order valence-electron chi connectivity index (χ2n) is 7.01. The second kappa shape index (κ2) is 10.2. The molecule has 0 fully saturated rings. The first-order valence-electron chi connectivity index (χ1n) is 9.02. The van der Waals surface area contributed by atoms with Gasteiger partial charge in [-0.1, -0.05) is 37.0 Å². The molecule has 1 N–H and O–H groups in total. The number of hydrazone groups is 1. The minimum atomic E-state index is -3.82. The van der Waals surface area contributed by atoms with Gasteiger partial charge in [0, 0.05) is 0 Å². The molecule has 0 aliphatic rings. The second-order valence-corrected chi connectivity index (χ2v) is 9.48. The molecule has 0 saturated heterocycles. The average Bonchev–Trinajstić information content (AvgIpc) is 2.60. The number of benzene rings is 2.